The van der Waals surface area contributed by atoms with Gasteiger partial charge in [0.05, 0.1) is 12.5 Å². The molecule has 0 aromatic carbocycles. The van der Waals surface area contributed by atoms with Crippen LogP contribution in [0.5, 0.6) is 0 Å². The molecular weight excluding hydrogens is 232 g/mol. The summed E-state index contributed by atoms with van der Waals surface area (Å²) in [6, 6.07) is -0.133. The van der Waals surface area contributed by atoms with Gasteiger partial charge in [0.25, 0.3) is 0 Å². The molecule has 2 fully saturated rings. The molecule has 1 unspecified atom stereocenters. The van der Waals surface area contributed by atoms with Crippen molar-refractivity contribution in [3.63, 3.8) is 0 Å². The maximum Gasteiger partial charge on any atom is 0.305 e. The Bertz CT molecular complexity index is 326. The fourth-order valence-corrected chi connectivity index (χ4v) is 3.12. The molecule has 0 bridgehead atoms. The van der Waals surface area contributed by atoms with Crippen molar-refractivity contribution in [1.82, 2.24) is 9.80 Å². The Balaban J connectivity index is 2.11. The van der Waals surface area contributed by atoms with Crippen molar-refractivity contribution in [2.75, 3.05) is 20.1 Å². The summed E-state index contributed by atoms with van der Waals surface area (Å²) in [6.07, 6.45) is 5.39. The van der Waals surface area contributed by atoms with E-state index in [-0.39, 0.29) is 12.3 Å². The molecule has 1 amide bonds. The molecule has 1 atom stereocenters. The molecule has 1 heterocycles. The van der Waals surface area contributed by atoms with E-state index in [1.807, 2.05) is 16.8 Å². The molecule has 5 heteroatoms. The van der Waals surface area contributed by atoms with Gasteiger partial charge in [-0.05, 0) is 26.3 Å². The predicted octanol–water partition coefficient (Wildman–Crippen LogP) is 0.936. The third kappa shape index (κ3) is 2.83. The molecule has 0 radical (unpaired) electrons. The number of hydrogen-bond acceptors (Lipinski definition) is 3. The number of hydrogen-bond donors (Lipinski definition) is 1. The van der Waals surface area contributed by atoms with Crippen LogP contribution in [0.1, 0.15) is 38.5 Å². The van der Waals surface area contributed by atoms with E-state index in [1.54, 1.807) is 0 Å². The van der Waals surface area contributed by atoms with Crippen molar-refractivity contribution in [2.45, 2.75) is 50.6 Å². The number of carboxylic acid groups (broad SMARTS) is 1. The first kappa shape index (κ1) is 13.3. The minimum Gasteiger partial charge on any atom is -0.481 e. The SMILES string of the molecule is CN1CCCN(C2CCCC2)C(=O)C1CC(=O)O. The molecule has 0 spiro atoms. The van der Waals surface area contributed by atoms with Crippen LogP contribution in [0.2, 0.25) is 0 Å². The minimum absolute atomic E-state index is 0.0179. The van der Waals surface area contributed by atoms with Gasteiger partial charge in [-0.3, -0.25) is 14.5 Å². The summed E-state index contributed by atoms with van der Waals surface area (Å²) in [7, 11) is 1.85. The first-order chi connectivity index (χ1) is 8.59. The monoisotopic (exact) mass is 254 g/mol. The minimum atomic E-state index is -0.895. The number of aliphatic carboxylic acids is 1. The Morgan fingerprint density at radius 2 is 1.94 bits per heavy atom. The Kier molecular flexibility index (Phi) is 4.22. The van der Waals surface area contributed by atoms with Gasteiger partial charge in [0.15, 0.2) is 0 Å². The maximum atomic E-state index is 12.5. The molecule has 102 valence electrons. The van der Waals surface area contributed by atoms with E-state index in [4.69, 9.17) is 5.11 Å². The number of likely N-dealkylation sites (N-methyl/N-ethyl adjacent to an activating group) is 1. The zero-order chi connectivity index (χ0) is 13.1. The molecule has 1 N–H and O–H groups in total. The maximum absolute atomic E-state index is 12.5. The number of carboxylic acids is 1. The van der Waals surface area contributed by atoms with Gasteiger partial charge >= 0.3 is 5.97 Å². The van der Waals surface area contributed by atoms with Gasteiger partial charge in [-0.15, -0.1) is 0 Å². The highest BCUT2D eigenvalue weighted by atomic mass is 16.4. The molecule has 1 saturated carbocycles. The van der Waals surface area contributed by atoms with Gasteiger partial charge in [-0.25, -0.2) is 0 Å². The van der Waals surface area contributed by atoms with Crippen LogP contribution in [0.25, 0.3) is 0 Å². The number of amides is 1. The molecule has 0 aromatic heterocycles. The van der Waals surface area contributed by atoms with Gasteiger partial charge in [-0.1, -0.05) is 12.8 Å². The quantitative estimate of drug-likeness (QED) is 0.814. The Labute approximate surface area is 108 Å². The lowest BCUT2D eigenvalue weighted by atomic mass is 10.1. The first-order valence-corrected chi connectivity index (χ1v) is 6.82. The Morgan fingerprint density at radius 1 is 1.28 bits per heavy atom. The van der Waals surface area contributed by atoms with Crippen molar-refractivity contribution in [3.8, 4) is 0 Å². The van der Waals surface area contributed by atoms with Gasteiger partial charge in [-0.2, -0.15) is 0 Å². The van der Waals surface area contributed by atoms with Crippen molar-refractivity contribution in [3.05, 3.63) is 0 Å². The highest BCUT2D eigenvalue weighted by Gasteiger charge is 2.36. The Morgan fingerprint density at radius 3 is 2.56 bits per heavy atom. The first-order valence-electron chi connectivity index (χ1n) is 6.82. The van der Waals surface area contributed by atoms with E-state index in [0.717, 1.165) is 32.4 Å². The molecule has 0 aromatic rings. The van der Waals surface area contributed by atoms with Gasteiger partial charge in [0, 0.05) is 19.1 Å². The lowest BCUT2D eigenvalue weighted by Crippen LogP contribution is -2.48. The Hall–Kier alpha value is -1.10. The number of rotatable bonds is 3. The van der Waals surface area contributed by atoms with E-state index in [0.29, 0.717) is 6.04 Å². The van der Waals surface area contributed by atoms with Gasteiger partial charge in [0.2, 0.25) is 5.91 Å². The van der Waals surface area contributed by atoms with E-state index in [1.165, 1.54) is 12.8 Å². The van der Waals surface area contributed by atoms with Crippen LogP contribution in [0.15, 0.2) is 0 Å². The number of nitrogens with zero attached hydrogens (tertiary/aromatic N) is 2. The van der Waals surface area contributed by atoms with Crippen LogP contribution in [0, 0.1) is 0 Å². The summed E-state index contributed by atoms with van der Waals surface area (Å²) >= 11 is 0. The van der Waals surface area contributed by atoms with Crippen LogP contribution in [-0.4, -0.2) is 59.0 Å². The van der Waals surface area contributed by atoms with Crippen molar-refractivity contribution in [2.24, 2.45) is 0 Å². The highest BCUT2D eigenvalue weighted by Crippen LogP contribution is 2.26. The largest absolute Gasteiger partial charge is 0.481 e. The van der Waals surface area contributed by atoms with Gasteiger partial charge in [0.1, 0.15) is 0 Å². The summed E-state index contributed by atoms with van der Waals surface area (Å²) in [5.41, 5.74) is 0. The zero-order valence-electron chi connectivity index (χ0n) is 11.0. The van der Waals surface area contributed by atoms with Crippen molar-refractivity contribution >= 4 is 11.9 Å². The fraction of sp³-hybridized carbons (Fsp3) is 0.846. The fourth-order valence-electron chi connectivity index (χ4n) is 3.12. The zero-order valence-corrected chi connectivity index (χ0v) is 11.0. The second kappa shape index (κ2) is 5.69. The number of carbonyl (C=O) groups excluding carboxylic acids is 1. The molecule has 1 aliphatic heterocycles. The summed E-state index contributed by atoms with van der Waals surface area (Å²) in [5.74, 6) is -0.877. The second-order valence-corrected chi connectivity index (χ2v) is 5.42. The summed E-state index contributed by atoms with van der Waals surface area (Å²) < 4.78 is 0. The predicted molar refractivity (Wildman–Crippen MR) is 67.3 cm³/mol. The van der Waals surface area contributed by atoms with Gasteiger partial charge < -0.3 is 10.0 Å². The highest BCUT2D eigenvalue weighted by molar-refractivity contribution is 5.86. The lowest BCUT2D eigenvalue weighted by Gasteiger charge is -2.31. The third-order valence-electron chi connectivity index (χ3n) is 4.14. The molecule has 18 heavy (non-hydrogen) atoms. The number of carbonyl (C=O) groups is 2. The average Bonchev–Trinajstić information content (AvgIpc) is 2.79. The molecule has 2 aliphatic rings. The normalized spacial score (nSPS) is 27.5. The second-order valence-electron chi connectivity index (χ2n) is 5.42. The van der Waals surface area contributed by atoms with Crippen LogP contribution in [0.4, 0.5) is 0 Å². The van der Waals surface area contributed by atoms with Crippen molar-refractivity contribution in [1.29, 1.82) is 0 Å². The average molecular weight is 254 g/mol. The van der Waals surface area contributed by atoms with E-state index < -0.39 is 12.0 Å². The molecule has 1 aliphatic carbocycles. The molecule has 1 saturated heterocycles. The summed E-state index contributed by atoms with van der Waals surface area (Å²) in [5, 5.41) is 8.95. The summed E-state index contributed by atoms with van der Waals surface area (Å²) in [6.45, 7) is 1.58. The lowest BCUT2D eigenvalue weighted by molar-refractivity contribution is -0.145. The topological polar surface area (TPSA) is 60.9 Å². The third-order valence-corrected chi connectivity index (χ3v) is 4.14. The smallest absolute Gasteiger partial charge is 0.305 e. The van der Waals surface area contributed by atoms with Crippen LogP contribution in [0.3, 0.4) is 0 Å². The standard InChI is InChI=1S/C13H22N2O3/c1-14-7-4-8-15(10-5-2-3-6-10)13(18)11(14)9-12(16)17/h10-11H,2-9H2,1H3,(H,16,17). The van der Waals surface area contributed by atoms with Crippen LogP contribution < -0.4 is 0 Å². The summed E-state index contributed by atoms with van der Waals surface area (Å²) in [4.78, 5) is 27.2. The van der Waals surface area contributed by atoms with Crippen LogP contribution in [-0.2, 0) is 9.59 Å². The van der Waals surface area contributed by atoms with E-state index in [2.05, 4.69) is 0 Å². The molecular formula is C13H22N2O3. The van der Waals surface area contributed by atoms with E-state index in [9.17, 15) is 9.59 Å². The molecule has 2 rings (SSSR count). The van der Waals surface area contributed by atoms with Crippen molar-refractivity contribution < 1.29 is 14.7 Å². The molecule has 5 nitrogen and oxygen atoms in total. The van der Waals surface area contributed by atoms with E-state index >= 15 is 0 Å². The van der Waals surface area contributed by atoms with Crippen LogP contribution >= 0.6 is 0 Å².